The molecule has 2 saturated heterocycles. The number of carbonyl (C=O) groups is 4. The van der Waals surface area contributed by atoms with Gasteiger partial charge in [-0.05, 0) is 36.2 Å². The SMILES string of the molecule is O=C(OCCN1C(=O)c2ccccc2C1=O)[C@@H]1CS[C@@]2(c3ccc(F)cc3)CCC(=O)N12. The van der Waals surface area contributed by atoms with Gasteiger partial charge in [0.05, 0.1) is 17.7 Å². The number of thioether (sulfide) groups is 1. The molecule has 0 spiro atoms. The number of rotatable bonds is 5. The molecule has 0 N–H and O–H groups in total. The maximum Gasteiger partial charge on any atom is 0.329 e. The number of fused-ring (bicyclic) bond motifs is 2. The van der Waals surface area contributed by atoms with Crippen molar-refractivity contribution in [2.45, 2.75) is 23.8 Å². The van der Waals surface area contributed by atoms with Crippen LogP contribution < -0.4 is 0 Å². The zero-order valence-electron chi connectivity index (χ0n) is 17.0. The van der Waals surface area contributed by atoms with Crippen molar-refractivity contribution < 1.29 is 28.3 Å². The van der Waals surface area contributed by atoms with Crippen LogP contribution in [0.3, 0.4) is 0 Å². The lowest BCUT2D eigenvalue weighted by atomic mass is 10.0. The van der Waals surface area contributed by atoms with Crippen LogP contribution in [-0.4, -0.2) is 58.4 Å². The molecule has 0 radical (unpaired) electrons. The summed E-state index contributed by atoms with van der Waals surface area (Å²) in [7, 11) is 0. The van der Waals surface area contributed by atoms with Crippen LogP contribution in [-0.2, 0) is 19.2 Å². The maximum absolute atomic E-state index is 13.4. The third-order valence-corrected chi connectivity index (χ3v) is 7.73. The average Bonchev–Trinajstić information content (AvgIpc) is 3.42. The predicted octanol–water partition coefficient (Wildman–Crippen LogP) is 2.56. The molecule has 9 heteroatoms. The van der Waals surface area contributed by atoms with E-state index in [4.69, 9.17) is 4.74 Å². The lowest BCUT2D eigenvalue weighted by Gasteiger charge is -2.33. The van der Waals surface area contributed by atoms with Crippen LogP contribution in [0.15, 0.2) is 48.5 Å². The maximum atomic E-state index is 13.4. The fraction of sp³-hybridized carbons (Fsp3) is 0.304. The van der Waals surface area contributed by atoms with Crippen LogP contribution in [0.4, 0.5) is 4.39 Å². The lowest BCUT2D eigenvalue weighted by Crippen LogP contribution is -2.47. The number of ether oxygens (including phenoxy) is 1. The van der Waals surface area contributed by atoms with Crippen molar-refractivity contribution in [1.29, 1.82) is 0 Å². The van der Waals surface area contributed by atoms with E-state index in [1.807, 2.05) is 0 Å². The Morgan fingerprint density at radius 2 is 1.72 bits per heavy atom. The molecule has 3 amide bonds. The molecular formula is C23H19FN2O5S. The number of hydrogen-bond acceptors (Lipinski definition) is 6. The highest BCUT2D eigenvalue weighted by atomic mass is 32.2. The van der Waals surface area contributed by atoms with Crippen LogP contribution in [0, 0.1) is 5.82 Å². The molecule has 2 aromatic rings. The molecule has 164 valence electrons. The minimum Gasteiger partial charge on any atom is -0.462 e. The molecule has 0 saturated carbocycles. The van der Waals surface area contributed by atoms with Gasteiger partial charge in [-0.3, -0.25) is 19.3 Å². The number of halogens is 1. The molecule has 7 nitrogen and oxygen atoms in total. The third-order valence-electron chi connectivity index (χ3n) is 6.13. The van der Waals surface area contributed by atoms with E-state index >= 15 is 0 Å². The van der Waals surface area contributed by atoms with Gasteiger partial charge in [-0.25, -0.2) is 9.18 Å². The van der Waals surface area contributed by atoms with Crippen LogP contribution in [0.25, 0.3) is 0 Å². The number of benzene rings is 2. The molecule has 0 bridgehead atoms. The van der Waals surface area contributed by atoms with E-state index in [-0.39, 0.29) is 24.9 Å². The highest BCUT2D eigenvalue weighted by Gasteiger charge is 2.57. The zero-order chi connectivity index (χ0) is 22.5. The standard InChI is InChI=1S/C23H19FN2O5S/c24-15-7-5-14(6-8-15)23-10-9-19(27)26(23)18(13-32-23)22(30)31-12-11-25-20(28)16-3-1-2-4-17(16)21(25)29/h1-8,18H,9-13H2/t18-,23+/m0/s1. The number of imide groups is 1. The molecule has 3 aliphatic rings. The summed E-state index contributed by atoms with van der Waals surface area (Å²) in [6.45, 7) is -0.216. The Morgan fingerprint density at radius 1 is 1.06 bits per heavy atom. The van der Waals surface area contributed by atoms with E-state index in [0.717, 1.165) is 10.5 Å². The largest absolute Gasteiger partial charge is 0.462 e. The highest BCUT2D eigenvalue weighted by molar-refractivity contribution is 8.00. The summed E-state index contributed by atoms with van der Waals surface area (Å²) in [5.41, 5.74) is 1.45. The fourth-order valence-electron chi connectivity index (χ4n) is 4.60. The molecule has 0 unspecified atom stereocenters. The van der Waals surface area contributed by atoms with Crippen LogP contribution >= 0.6 is 11.8 Å². The summed E-state index contributed by atoms with van der Waals surface area (Å²) in [5, 5.41) is 0. The van der Waals surface area contributed by atoms with Gasteiger partial charge in [0.2, 0.25) is 5.91 Å². The second kappa shape index (κ2) is 7.74. The van der Waals surface area contributed by atoms with Crippen molar-refractivity contribution in [3.8, 4) is 0 Å². The molecule has 32 heavy (non-hydrogen) atoms. The third kappa shape index (κ3) is 3.10. The van der Waals surface area contributed by atoms with E-state index in [1.54, 1.807) is 41.3 Å². The Labute approximate surface area is 187 Å². The summed E-state index contributed by atoms with van der Waals surface area (Å²) < 4.78 is 18.8. The summed E-state index contributed by atoms with van der Waals surface area (Å²) in [6.07, 6.45) is 0.824. The Balaban J connectivity index is 1.26. The van der Waals surface area contributed by atoms with E-state index in [0.29, 0.717) is 29.7 Å². The van der Waals surface area contributed by atoms with Gasteiger partial charge >= 0.3 is 5.97 Å². The van der Waals surface area contributed by atoms with E-state index in [9.17, 15) is 23.6 Å². The van der Waals surface area contributed by atoms with E-state index < -0.39 is 28.7 Å². The first kappa shape index (κ1) is 20.7. The smallest absolute Gasteiger partial charge is 0.329 e. The Kier molecular flexibility index (Phi) is 5.00. The van der Waals surface area contributed by atoms with Gasteiger partial charge in [0.15, 0.2) is 0 Å². The van der Waals surface area contributed by atoms with Crippen molar-refractivity contribution in [1.82, 2.24) is 9.80 Å². The van der Waals surface area contributed by atoms with Crippen molar-refractivity contribution in [2.24, 2.45) is 0 Å². The molecule has 0 aliphatic carbocycles. The summed E-state index contributed by atoms with van der Waals surface area (Å²) >= 11 is 1.47. The Hall–Kier alpha value is -3.20. The molecule has 0 aromatic heterocycles. The van der Waals surface area contributed by atoms with Crippen LogP contribution in [0.2, 0.25) is 0 Å². The second-order valence-electron chi connectivity index (χ2n) is 7.86. The second-order valence-corrected chi connectivity index (χ2v) is 9.15. The minimum atomic E-state index is -0.776. The normalized spacial score (nSPS) is 24.2. The fourth-order valence-corrected chi connectivity index (χ4v) is 6.24. The summed E-state index contributed by atoms with van der Waals surface area (Å²) in [4.78, 5) is 52.3. The van der Waals surface area contributed by atoms with Gasteiger partial charge in [0, 0.05) is 12.2 Å². The number of esters is 1. The summed E-state index contributed by atoms with van der Waals surface area (Å²) in [5.74, 6) is -1.57. The molecule has 3 heterocycles. The molecule has 5 rings (SSSR count). The number of hydrogen-bond donors (Lipinski definition) is 0. The Bertz CT molecular complexity index is 1100. The molecule has 2 atom stereocenters. The van der Waals surface area contributed by atoms with E-state index in [1.165, 1.54) is 23.9 Å². The molecule has 3 aliphatic heterocycles. The predicted molar refractivity (Wildman–Crippen MR) is 113 cm³/mol. The van der Waals surface area contributed by atoms with Gasteiger partial charge in [-0.15, -0.1) is 11.8 Å². The molecular weight excluding hydrogens is 435 g/mol. The van der Waals surface area contributed by atoms with Gasteiger partial charge in [0.25, 0.3) is 11.8 Å². The first-order valence-corrected chi connectivity index (χ1v) is 11.2. The topological polar surface area (TPSA) is 84.0 Å². The first-order chi connectivity index (χ1) is 15.4. The van der Waals surface area contributed by atoms with Gasteiger partial charge in [-0.1, -0.05) is 24.3 Å². The zero-order valence-corrected chi connectivity index (χ0v) is 17.8. The van der Waals surface area contributed by atoms with Gasteiger partial charge < -0.3 is 9.64 Å². The van der Waals surface area contributed by atoms with Crippen molar-refractivity contribution in [3.63, 3.8) is 0 Å². The summed E-state index contributed by atoms with van der Waals surface area (Å²) in [6, 6.07) is 11.8. The number of nitrogens with zero attached hydrogens (tertiary/aromatic N) is 2. The first-order valence-electron chi connectivity index (χ1n) is 10.3. The molecule has 2 aromatic carbocycles. The average molecular weight is 454 g/mol. The van der Waals surface area contributed by atoms with Crippen LogP contribution in [0.1, 0.15) is 39.1 Å². The minimum absolute atomic E-state index is 0.0605. The quantitative estimate of drug-likeness (QED) is 0.510. The monoisotopic (exact) mass is 454 g/mol. The van der Waals surface area contributed by atoms with E-state index in [2.05, 4.69) is 0 Å². The lowest BCUT2D eigenvalue weighted by molar-refractivity contribution is -0.154. The van der Waals surface area contributed by atoms with Gasteiger partial charge in [-0.2, -0.15) is 0 Å². The molecule has 2 fully saturated rings. The number of carbonyl (C=O) groups excluding carboxylic acids is 4. The van der Waals surface area contributed by atoms with Gasteiger partial charge in [0.1, 0.15) is 23.3 Å². The van der Waals surface area contributed by atoms with Crippen LogP contribution in [0.5, 0.6) is 0 Å². The number of amides is 3. The highest BCUT2D eigenvalue weighted by Crippen LogP contribution is 2.54. The van der Waals surface area contributed by atoms with Crippen molar-refractivity contribution in [3.05, 3.63) is 71.0 Å². The Morgan fingerprint density at radius 3 is 2.38 bits per heavy atom. The van der Waals surface area contributed by atoms with Crippen molar-refractivity contribution in [2.75, 3.05) is 18.9 Å². The van der Waals surface area contributed by atoms with Crippen molar-refractivity contribution >= 4 is 35.5 Å².